The standard InChI is InChI=1S/C8H10N.Na/c1-7-2-4-8(6-9)5-3-7;/h2-5H,1,6,9H2;/q-1;+1. The van der Waals surface area contributed by atoms with E-state index in [9.17, 15) is 0 Å². The van der Waals surface area contributed by atoms with Crippen molar-refractivity contribution >= 4 is 0 Å². The van der Waals surface area contributed by atoms with Crippen molar-refractivity contribution in [1.82, 2.24) is 0 Å². The van der Waals surface area contributed by atoms with Crippen LogP contribution in [0.2, 0.25) is 0 Å². The van der Waals surface area contributed by atoms with Gasteiger partial charge in [0.05, 0.1) is 0 Å². The van der Waals surface area contributed by atoms with Crippen LogP contribution in [0, 0.1) is 6.92 Å². The van der Waals surface area contributed by atoms with Crippen molar-refractivity contribution in [3.8, 4) is 0 Å². The number of nitrogens with two attached hydrogens (primary N) is 1. The summed E-state index contributed by atoms with van der Waals surface area (Å²) in [5.74, 6) is 0. The summed E-state index contributed by atoms with van der Waals surface area (Å²) in [5.41, 5.74) is 7.57. The second-order valence-corrected chi connectivity index (χ2v) is 2.02. The number of hydrogen-bond donors (Lipinski definition) is 1. The van der Waals surface area contributed by atoms with Crippen molar-refractivity contribution in [3.63, 3.8) is 0 Å². The smallest absolute Gasteiger partial charge is 0.327 e. The third kappa shape index (κ3) is 2.76. The average molecular weight is 143 g/mol. The zero-order valence-electron chi connectivity index (χ0n) is 6.30. The molecule has 48 valence electrons. The minimum atomic E-state index is 0. The summed E-state index contributed by atoms with van der Waals surface area (Å²) < 4.78 is 0. The van der Waals surface area contributed by atoms with E-state index < -0.39 is 0 Å². The molecule has 2 N–H and O–H groups in total. The number of benzene rings is 1. The molecule has 0 saturated heterocycles. The second-order valence-electron chi connectivity index (χ2n) is 2.02. The van der Waals surface area contributed by atoms with E-state index in [1.165, 1.54) is 0 Å². The Labute approximate surface area is 83.9 Å². The van der Waals surface area contributed by atoms with Gasteiger partial charge in [-0.1, -0.05) is 5.56 Å². The Morgan fingerprint density at radius 3 is 2.10 bits per heavy atom. The van der Waals surface area contributed by atoms with Crippen LogP contribution < -0.4 is 35.3 Å². The maximum Gasteiger partial charge on any atom is 1.00 e. The molecule has 1 aromatic carbocycles. The monoisotopic (exact) mass is 143 g/mol. The first-order chi connectivity index (χ1) is 4.33. The predicted octanol–water partition coefficient (Wildman–Crippen LogP) is -1.67. The Kier molecular flexibility index (Phi) is 4.83. The van der Waals surface area contributed by atoms with Gasteiger partial charge in [-0.3, -0.25) is 0 Å². The molecule has 1 aromatic rings. The second kappa shape index (κ2) is 4.80. The van der Waals surface area contributed by atoms with Crippen LogP contribution in [0.25, 0.3) is 0 Å². The van der Waals surface area contributed by atoms with E-state index in [-0.39, 0.29) is 29.6 Å². The zero-order chi connectivity index (χ0) is 6.69. The fourth-order valence-electron chi connectivity index (χ4n) is 0.675. The molecule has 0 saturated carbocycles. The first-order valence-corrected chi connectivity index (χ1v) is 2.94. The Hall–Kier alpha value is 0.0500. The van der Waals surface area contributed by atoms with Gasteiger partial charge in [0.1, 0.15) is 0 Å². The molecule has 0 spiro atoms. The van der Waals surface area contributed by atoms with E-state index in [2.05, 4.69) is 6.92 Å². The van der Waals surface area contributed by atoms with Crippen LogP contribution in [-0.4, -0.2) is 0 Å². The third-order valence-electron chi connectivity index (χ3n) is 1.26. The van der Waals surface area contributed by atoms with Crippen LogP contribution in [-0.2, 0) is 6.54 Å². The molecular formula is C8H10NNa. The van der Waals surface area contributed by atoms with Gasteiger partial charge in [0.2, 0.25) is 0 Å². The number of rotatable bonds is 1. The summed E-state index contributed by atoms with van der Waals surface area (Å²) in [6, 6.07) is 7.90. The van der Waals surface area contributed by atoms with Crippen LogP contribution in [0.1, 0.15) is 11.1 Å². The number of hydrogen-bond acceptors (Lipinski definition) is 1. The molecule has 0 aliphatic heterocycles. The van der Waals surface area contributed by atoms with Crippen molar-refractivity contribution in [3.05, 3.63) is 42.3 Å². The van der Waals surface area contributed by atoms with Crippen LogP contribution >= 0.6 is 0 Å². The molecule has 10 heavy (non-hydrogen) atoms. The summed E-state index contributed by atoms with van der Waals surface area (Å²) in [6.45, 7) is 4.37. The minimum Gasteiger partial charge on any atom is -0.327 e. The van der Waals surface area contributed by atoms with Gasteiger partial charge < -0.3 is 5.73 Å². The predicted molar refractivity (Wildman–Crippen MR) is 38.8 cm³/mol. The van der Waals surface area contributed by atoms with E-state index in [0.29, 0.717) is 6.54 Å². The molecule has 1 rings (SSSR count). The molecule has 0 atom stereocenters. The molecule has 0 radical (unpaired) electrons. The molecule has 0 aliphatic carbocycles. The molecule has 0 amide bonds. The summed E-state index contributed by atoms with van der Waals surface area (Å²) in [7, 11) is 0. The van der Waals surface area contributed by atoms with Crippen molar-refractivity contribution in [2.75, 3.05) is 0 Å². The SMILES string of the molecule is [CH2-]c1ccc(CN)cc1.[Na+]. The van der Waals surface area contributed by atoms with E-state index in [0.717, 1.165) is 11.1 Å². The van der Waals surface area contributed by atoms with Crippen LogP contribution in [0.3, 0.4) is 0 Å². The molecule has 0 fully saturated rings. The third-order valence-corrected chi connectivity index (χ3v) is 1.26. The first kappa shape index (κ1) is 10.0. The minimum absolute atomic E-state index is 0. The van der Waals surface area contributed by atoms with Gasteiger partial charge in [0, 0.05) is 6.54 Å². The Morgan fingerprint density at radius 2 is 1.70 bits per heavy atom. The molecule has 0 heterocycles. The Bertz CT molecular complexity index is 181. The van der Waals surface area contributed by atoms with Crippen LogP contribution in [0.5, 0.6) is 0 Å². The molecule has 1 nitrogen and oxygen atoms in total. The first-order valence-electron chi connectivity index (χ1n) is 2.94. The molecule has 0 aromatic heterocycles. The largest absolute Gasteiger partial charge is 1.00 e. The normalized spacial score (nSPS) is 8.50. The molecule has 2 heteroatoms. The summed E-state index contributed by atoms with van der Waals surface area (Å²) >= 11 is 0. The van der Waals surface area contributed by atoms with Gasteiger partial charge in [-0.2, -0.15) is 24.6 Å². The van der Waals surface area contributed by atoms with E-state index >= 15 is 0 Å². The van der Waals surface area contributed by atoms with Crippen molar-refractivity contribution < 1.29 is 29.6 Å². The van der Waals surface area contributed by atoms with E-state index in [1.807, 2.05) is 24.3 Å². The summed E-state index contributed by atoms with van der Waals surface area (Å²) in [6.07, 6.45) is 0. The van der Waals surface area contributed by atoms with Gasteiger partial charge in [0.25, 0.3) is 0 Å². The van der Waals surface area contributed by atoms with Gasteiger partial charge in [-0.25, -0.2) is 0 Å². The van der Waals surface area contributed by atoms with Gasteiger partial charge in [-0.15, -0.1) is 12.1 Å². The molecule has 0 aliphatic rings. The summed E-state index contributed by atoms with van der Waals surface area (Å²) in [4.78, 5) is 0. The van der Waals surface area contributed by atoms with E-state index in [1.54, 1.807) is 0 Å². The summed E-state index contributed by atoms with van der Waals surface area (Å²) in [5, 5.41) is 0. The van der Waals surface area contributed by atoms with Crippen LogP contribution in [0.15, 0.2) is 24.3 Å². The van der Waals surface area contributed by atoms with Crippen molar-refractivity contribution in [2.45, 2.75) is 6.54 Å². The molecular weight excluding hydrogens is 133 g/mol. The van der Waals surface area contributed by atoms with Gasteiger partial charge in [-0.05, 0) is 0 Å². The zero-order valence-corrected chi connectivity index (χ0v) is 8.30. The Balaban J connectivity index is 0.000000810. The maximum atomic E-state index is 5.38. The van der Waals surface area contributed by atoms with Gasteiger partial charge in [0.15, 0.2) is 0 Å². The Morgan fingerprint density at radius 1 is 1.20 bits per heavy atom. The molecule has 0 bridgehead atoms. The average Bonchev–Trinajstić information content (AvgIpc) is 1.90. The fourth-order valence-corrected chi connectivity index (χ4v) is 0.675. The topological polar surface area (TPSA) is 26.0 Å². The van der Waals surface area contributed by atoms with Crippen LogP contribution in [0.4, 0.5) is 0 Å². The van der Waals surface area contributed by atoms with Crippen molar-refractivity contribution in [2.24, 2.45) is 5.73 Å². The molecule has 0 unspecified atom stereocenters. The quantitative estimate of drug-likeness (QED) is 0.369. The van der Waals surface area contributed by atoms with Gasteiger partial charge >= 0.3 is 29.6 Å². The maximum absolute atomic E-state index is 5.38. The fraction of sp³-hybridized carbons (Fsp3) is 0.125. The van der Waals surface area contributed by atoms with E-state index in [4.69, 9.17) is 5.73 Å². The van der Waals surface area contributed by atoms with Crippen molar-refractivity contribution in [1.29, 1.82) is 0 Å².